The second kappa shape index (κ2) is 3.87. The maximum atomic E-state index is 11.5. The van der Waals surface area contributed by atoms with Gasteiger partial charge in [-0.25, -0.2) is 4.79 Å². The summed E-state index contributed by atoms with van der Waals surface area (Å²) >= 11 is 0. The highest BCUT2D eigenvalue weighted by atomic mass is 16.5. The average Bonchev–Trinajstić information content (AvgIpc) is 2.92. The van der Waals surface area contributed by atoms with Gasteiger partial charge in [-0.3, -0.25) is 0 Å². The number of carboxylic acids is 1. The molecule has 0 aromatic heterocycles. The number of benzene rings is 1. The fourth-order valence-electron chi connectivity index (χ4n) is 3.30. The zero-order valence-corrected chi connectivity index (χ0v) is 10.5. The van der Waals surface area contributed by atoms with Crippen molar-refractivity contribution in [3.63, 3.8) is 0 Å². The molecule has 5 heteroatoms. The molecule has 3 heterocycles. The quantitative estimate of drug-likeness (QED) is 0.829. The van der Waals surface area contributed by atoms with Crippen molar-refractivity contribution in [3.8, 4) is 11.5 Å². The van der Waals surface area contributed by atoms with Crippen LogP contribution in [-0.4, -0.2) is 37.4 Å². The Hall–Kier alpha value is -1.75. The molecule has 0 amide bonds. The molecule has 0 saturated carbocycles. The Balaban J connectivity index is 2.00. The van der Waals surface area contributed by atoms with Gasteiger partial charge < -0.3 is 19.9 Å². The first-order valence-corrected chi connectivity index (χ1v) is 6.68. The van der Waals surface area contributed by atoms with Gasteiger partial charge in [0.2, 0.25) is 0 Å². The maximum Gasteiger partial charge on any atom is 0.339 e. The highest BCUT2D eigenvalue weighted by molar-refractivity contribution is 5.95. The first kappa shape index (κ1) is 11.1. The molecule has 100 valence electrons. The lowest BCUT2D eigenvalue weighted by Crippen LogP contribution is -2.40. The Kier molecular flexibility index (Phi) is 2.26. The second-order valence-corrected chi connectivity index (χ2v) is 5.26. The molecule has 0 aliphatic carbocycles. The van der Waals surface area contributed by atoms with E-state index in [-0.39, 0.29) is 0 Å². The van der Waals surface area contributed by atoms with Gasteiger partial charge in [0.1, 0.15) is 17.1 Å². The number of ether oxygens (including phenoxy) is 2. The minimum absolute atomic E-state index is 0.330. The summed E-state index contributed by atoms with van der Waals surface area (Å²) < 4.78 is 11.4. The predicted molar refractivity (Wildman–Crippen MR) is 67.4 cm³/mol. The molecule has 1 aromatic rings. The van der Waals surface area contributed by atoms with E-state index in [0.717, 1.165) is 36.4 Å². The van der Waals surface area contributed by atoms with Crippen molar-refractivity contribution >= 4 is 5.97 Å². The topological polar surface area (TPSA) is 67.8 Å². The number of aromatic carboxylic acids is 1. The number of carboxylic acid groups (broad SMARTS) is 1. The van der Waals surface area contributed by atoms with Crippen molar-refractivity contribution in [2.24, 2.45) is 0 Å². The lowest BCUT2D eigenvalue weighted by atomic mass is 9.84. The fourth-order valence-corrected chi connectivity index (χ4v) is 3.30. The molecular formula is C14H15NO4. The van der Waals surface area contributed by atoms with Gasteiger partial charge in [-0.15, -0.1) is 0 Å². The van der Waals surface area contributed by atoms with E-state index in [9.17, 15) is 9.90 Å². The van der Waals surface area contributed by atoms with E-state index in [2.05, 4.69) is 5.32 Å². The van der Waals surface area contributed by atoms with Crippen LogP contribution < -0.4 is 14.8 Å². The van der Waals surface area contributed by atoms with Crippen LogP contribution in [0, 0.1) is 0 Å². The van der Waals surface area contributed by atoms with Crippen molar-refractivity contribution in [1.82, 2.24) is 5.32 Å². The third-order valence-corrected chi connectivity index (χ3v) is 4.25. The second-order valence-electron chi connectivity index (χ2n) is 5.26. The highest BCUT2D eigenvalue weighted by Crippen LogP contribution is 2.47. The normalized spacial score (nSPS) is 20.2. The summed E-state index contributed by atoms with van der Waals surface area (Å²) in [6.45, 7) is 3.03. The van der Waals surface area contributed by atoms with Gasteiger partial charge in [0.05, 0.1) is 13.2 Å². The molecular weight excluding hydrogens is 246 g/mol. The highest BCUT2D eigenvalue weighted by Gasteiger charge is 2.37. The molecule has 2 N–H and O–H groups in total. The number of hydrogen-bond acceptors (Lipinski definition) is 4. The summed E-state index contributed by atoms with van der Waals surface area (Å²) in [7, 11) is 0. The molecule has 0 bridgehead atoms. The number of rotatable bonds is 2. The van der Waals surface area contributed by atoms with Gasteiger partial charge in [-0.1, -0.05) is 0 Å². The zero-order chi connectivity index (χ0) is 13.0. The summed E-state index contributed by atoms with van der Waals surface area (Å²) in [5.74, 6) is 0.954. The summed E-state index contributed by atoms with van der Waals surface area (Å²) in [4.78, 5) is 11.5. The van der Waals surface area contributed by atoms with Crippen molar-refractivity contribution in [1.29, 1.82) is 0 Å². The molecule has 1 saturated heterocycles. The van der Waals surface area contributed by atoms with Crippen LogP contribution in [0.3, 0.4) is 0 Å². The van der Waals surface area contributed by atoms with Crippen LogP contribution in [0.15, 0.2) is 0 Å². The fraction of sp³-hybridized carbons (Fsp3) is 0.500. The van der Waals surface area contributed by atoms with Crippen LogP contribution in [0.1, 0.15) is 33.0 Å². The first-order chi connectivity index (χ1) is 9.27. The van der Waals surface area contributed by atoms with E-state index < -0.39 is 5.97 Å². The van der Waals surface area contributed by atoms with Gasteiger partial charge in [0.15, 0.2) is 0 Å². The smallest absolute Gasteiger partial charge is 0.339 e. The Bertz CT molecular complexity index is 542. The predicted octanol–water partition coefficient (Wildman–Crippen LogP) is 0.941. The van der Waals surface area contributed by atoms with Gasteiger partial charge in [0, 0.05) is 48.5 Å². The molecule has 0 radical (unpaired) electrons. The molecule has 1 fully saturated rings. The van der Waals surface area contributed by atoms with E-state index in [1.165, 1.54) is 5.56 Å². The third-order valence-electron chi connectivity index (χ3n) is 4.25. The molecule has 0 unspecified atom stereocenters. The molecule has 19 heavy (non-hydrogen) atoms. The zero-order valence-electron chi connectivity index (χ0n) is 10.5. The van der Waals surface area contributed by atoms with Gasteiger partial charge in [0.25, 0.3) is 0 Å². The average molecular weight is 261 g/mol. The van der Waals surface area contributed by atoms with Crippen LogP contribution in [0.2, 0.25) is 0 Å². The molecule has 1 aromatic carbocycles. The summed E-state index contributed by atoms with van der Waals surface area (Å²) in [5, 5.41) is 12.7. The maximum absolute atomic E-state index is 11.5. The molecule has 4 rings (SSSR count). The van der Waals surface area contributed by atoms with Crippen LogP contribution in [0.4, 0.5) is 0 Å². The number of carbonyl (C=O) groups is 1. The Morgan fingerprint density at radius 1 is 1.11 bits per heavy atom. The minimum atomic E-state index is -0.904. The van der Waals surface area contributed by atoms with Gasteiger partial charge >= 0.3 is 5.97 Å². The van der Waals surface area contributed by atoms with Crippen LogP contribution in [-0.2, 0) is 12.8 Å². The Labute approximate surface area is 110 Å². The molecule has 0 spiro atoms. The number of nitrogens with one attached hydrogen (secondary N) is 1. The Morgan fingerprint density at radius 3 is 2.42 bits per heavy atom. The standard InChI is InChI=1S/C14H15NO4/c16-14(17)11-9-2-4-18-12(9)10(7-5-15-6-7)8-1-3-19-13(8)11/h7,15H,1-6H2,(H,16,17). The summed E-state index contributed by atoms with van der Waals surface area (Å²) in [5.41, 5.74) is 3.42. The van der Waals surface area contributed by atoms with E-state index in [1.807, 2.05) is 0 Å². The lowest BCUT2D eigenvalue weighted by Gasteiger charge is -2.30. The monoisotopic (exact) mass is 261 g/mol. The van der Waals surface area contributed by atoms with Crippen LogP contribution in [0.25, 0.3) is 0 Å². The van der Waals surface area contributed by atoms with Crippen molar-refractivity contribution < 1.29 is 19.4 Å². The van der Waals surface area contributed by atoms with Crippen molar-refractivity contribution in [3.05, 3.63) is 22.3 Å². The summed E-state index contributed by atoms with van der Waals surface area (Å²) in [6.07, 6.45) is 1.46. The molecule has 0 atom stereocenters. The minimum Gasteiger partial charge on any atom is -0.493 e. The lowest BCUT2D eigenvalue weighted by molar-refractivity contribution is 0.0692. The van der Waals surface area contributed by atoms with Crippen LogP contribution in [0.5, 0.6) is 11.5 Å². The largest absolute Gasteiger partial charge is 0.493 e. The summed E-state index contributed by atoms with van der Waals surface area (Å²) in [6, 6.07) is 0. The van der Waals surface area contributed by atoms with Gasteiger partial charge in [-0.2, -0.15) is 0 Å². The first-order valence-electron chi connectivity index (χ1n) is 6.68. The van der Waals surface area contributed by atoms with Crippen LogP contribution >= 0.6 is 0 Å². The van der Waals surface area contributed by atoms with Crippen molar-refractivity contribution in [2.45, 2.75) is 18.8 Å². The van der Waals surface area contributed by atoms with E-state index in [1.54, 1.807) is 0 Å². The SMILES string of the molecule is O=C(O)c1c2c(c(C3CNC3)c3c1OCC3)OCC2. The molecule has 5 nitrogen and oxygen atoms in total. The van der Waals surface area contributed by atoms with Crippen molar-refractivity contribution in [2.75, 3.05) is 26.3 Å². The third kappa shape index (κ3) is 1.42. The van der Waals surface area contributed by atoms with Gasteiger partial charge in [-0.05, 0) is 0 Å². The van der Waals surface area contributed by atoms with E-state index in [4.69, 9.17) is 9.47 Å². The number of hydrogen-bond donors (Lipinski definition) is 2. The Morgan fingerprint density at radius 2 is 1.79 bits per heavy atom. The van der Waals surface area contributed by atoms with E-state index >= 15 is 0 Å². The molecule has 3 aliphatic rings. The number of fused-ring (bicyclic) bond motifs is 2. The van der Waals surface area contributed by atoms with E-state index in [0.29, 0.717) is 36.9 Å². The molecule has 3 aliphatic heterocycles.